The van der Waals surface area contributed by atoms with E-state index in [0.717, 1.165) is 36.8 Å². The van der Waals surface area contributed by atoms with Gasteiger partial charge in [0.05, 0.1) is 10.8 Å². The predicted molar refractivity (Wildman–Crippen MR) is 121 cm³/mol. The number of sulfone groups is 1. The lowest BCUT2D eigenvalue weighted by atomic mass is 9.65. The van der Waals surface area contributed by atoms with Gasteiger partial charge in [0.25, 0.3) is 0 Å². The molecule has 1 saturated carbocycles. The maximum Gasteiger partial charge on any atom is 0.242 e. The molecule has 2 aromatic rings. The lowest BCUT2D eigenvalue weighted by molar-refractivity contribution is 0.139. The number of aryl methyl sites for hydroxylation is 1. The van der Waals surface area contributed by atoms with E-state index in [1.54, 1.807) is 0 Å². The summed E-state index contributed by atoms with van der Waals surface area (Å²) in [5, 5.41) is 0.483. The van der Waals surface area contributed by atoms with Crippen LogP contribution >= 0.6 is 23.2 Å². The zero-order valence-corrected chi connectivity index (χ0v) is 19.8. The molecular weight excluding hydrogens is 465 g/mol. The zero-order valence-electron chi connectivity index (χ0n) is 16.7. The molecule has 1 fully saturated rings. The molecule has 5 nitrogen and oxygen atoms in total. The molecule has 1 aliphatic rings. The molecule has 0 radical (unpaired) electrons. The van der Waals surface area contributed by atoms with Gasteiger partial charge in [-0.2, -0.15) is 0 Å². The Balaban J connectivity index is 1.65. The Labute approximate surface area is 188 Å². The van der Waals surface area contributed by atoms with Crippen molar-refractivity contribution in [2.75, 3.05) is 18.6 Å². The van der Waals surface area contributed by atoms with Crippen molar-refractivity contribution in [3.8, 4) is 0 Å². The summed E-state index contributed by atoms with van der Waals surface area (Å²) in [5.74, 6) is 0.130. The molecule has 3 rings (SSSR count). The summed E-state index contributed by atoms with van der Waals surface area (Å²) < 4.78 is 50.8. The van der Waals surface area contributed by atoms with Gasteiger partial charge in [-0.05, 0) is 60.4 Å². The first-order valence-corrected chi connectivity index (χ1v) is 14.0. The fourth-order valence-electron chi connectivity index (χ4n) is 3.67. The third-order valence-electron chi connectivity index (χ3n) is 5.60. The van der Waals surface area contributed by atoms with E-state index in [1.807, 2.05) is 24.3 Å². The number of nitrogens with one attached hydrogen (secondary N) is 1. The van der Waals surface area contributed by atoms with Gasteiger partial charge in [-0.3, -0.25) is 0 Å². The molecule has 0 unspecified atom stereocenters. The van der Waals surface area contributed by atoms with Gasteiger partial charge < -0.3 is 0 Å². The van der Waals surface area contributed by atoms with Crippen LogP contribution in [-0.2, 0) is 32.7 Å². The smallest absolute Gasteiger partial charge is 0.229 e. The van der Waals surface area contributed by atoms with Crippen LogP contribution in [0.3, 0.4) is 0 Å². The molecule has 0 amide bonds. The van der Waals surface area contributed by atoms with E-state index in [4.69, 9.17) is 23.2 Å². The van der Waals surface area contributed by atoms with Gasteiger partial charge in [-0.1, -0.05) is 53.9 Å². The summed E-state index contributed by atoms with van der Waals surface area (Å²) in [6, 6.07) is 12.2. The Hall–Kier alpha value is -1.12. The Bertz CT molecular complexity index is 1110. The molecule has 0 aliphatic heterocycles. The number of hydrogen-bond donors (Lipinski definition) is 1. The summed E-state index contributed by atoms with van der Waals surface area (Å²) >= 11 is 11.9. The molecule has 0 spiro atoms. The number of halogens is 2. The highest BCUT2D eigenvalue weighted by Crippen LogP contribution is 2.43. The number of hydrogen-bond acceptors (Lipinski definition) is 4. The fourth-order valence-corrected chi connectivity index (χ4v) is 6.21. The summed E-state index contributed by atoms with van der Waals surface area (Å²) in [6.07, 6.45) is 5.44. The van der Waals surface area contributed by atoms with Gasteiger partial charge in [0.15, 0.2) is 0 Å². The Morgan fingerprint density at radius 1 is 0.967 bits per heavy atom. The molecule has 9 heteroatoms. The van der Waals surface area contributed by atoms with Crippen LogP contribution < -0.4 is 4.72 Å². The van der Waals surface area contributed by atoms with Crippen molar-refractivity contribution in [3.05, 3.63) is 63.6 Å². The number of sulfonamides is 1. The van der Waals surface area contributed by atoms with E-state index in [0.29, 0.717) is 18.0 Å². The average Bonchev–Trinajstić information content (AvgIpc) is 2.62. The van der Waals surface area contributed by atoms with Crippen LogP contribution in [-0.4, -0.2) is 35.4 Å². The minimum Gasteiger partial charge on any atom is -0.229 e. The van der Waals surface area contributed by atoms with E-state index in [9.17, 15) is 16.8 Å². The highest BCUT2D eigenvalue weighted by molar-refractivity contribution is 7.90. The largest absolute Gasteiger partial charge is 0.242 e. The molecular formula is C21H25Cl2NO4S2. The second kappa shape index (κ2) is 9.17. The quantitative estimate of drug-likeness (QED) is 0.569. The number of rotatable bonds is 9. The van der Waals surface area contributed by atoms with Gasteiger partial charge in [0.2, 0.25) is 10.0 Å². The number of benzene rings is 2. The van der Waals surface area contributed by atoms with Crippen molar-refractivity contribution in [1.29, 1.82) is 0 Å². The molecule has 0 atom stereocenters. The van der Waals surface area contributed by atoms with Crippen molar-refractivity contribution in [1.82, 2.24) is 4.72 Å². The summed E-state index contributed by atoms with van der Waals surface area (Å²) in [4.78, 5) is 0.0262. The minimum absolute atomic E-state index is 0.0262. The normalized spacial score (nSPS) is 16.2. The van der Waals surface area contributed by atoms with Gasteiger partial charge in [-0.25, -0.2) is 21.6 Å². The van der Waals surface area contributed by atoms with Gasteiger partial charge in [0.1, 0.15) is 14.7 Å². The van der Waals surface area contributed by atoms with E-state index in [2.05, 4.69) is 4.72 Å². The average molecular weight is 490 g/mol. The van der Waals surface area contributed by atoms with Crippen molar-refractivity contribution in [2.24, 2.45) is 5.41 Å². The fraction of sp³-hybridized carbons (Fsp3) is 0.429. The summed E-state index contributed by atoms with van der Waals surface area (Å²) in [5.41, 5.74) is 1.96. The maximum absolute atomic E-state index is 12.7. The van der Waals surface area contributed by atoms with Crippen molar-refractivity contribution in [2.45, 2.75) is 37.0 Å². The van der Waals surface area contributed by atoms with E-state index >= 15 is 0 Å². The molecule has 0 aromatic heterocycles. The molecule has 164 valence electrons. The maximum atomic E-state index is 12.7. The zero-order chi connectivity index (χ0) is 22.0. The third kappa shape index (κ3) is 6.20. The van der Waals surface area contributed by atoms with Crippen molar-refractivity contribution >= 4 is 43.1 Å². The van der Waals surface area contributed by atoms with E-state index < -0.39 is 19.9 Å². The molecule has 30 heavy (non-hydrogen) atoms. The van der Waals surface area contributed by atoms with Crippen molar-refractivity contribution < 1.29 is 16.8 Å². The van der Waals surface area contributed by atoms with Crippen LogP contribution in [0.5, 0.6) is 0 Å². The lowest BCUT2D eigenvalue weighted by Gasteiger charge is -2.42. The van der Waals surface area contributed by atoms with Gasteiger partial charge in [-0.15, -0.1) is 0 Å². The molecule has 1 N–H and O–H groups in total. The topological polar surface area (TPSA) is 80.3 Å². The lowest BCUT2D eigenvalue weighted by Crippen LogP contribution is -2.43. The van der Waals surface area contributed by atoms with Crippen LogP contribution in [0, 0.1) is 5.41 Å². The first kappa shape index (κ1) is 23.5. The standard InChI is InChI=1S/C21H25Cl2NO4S2/c1-29(25,26)12-9-16-3-5-17(6-4-16)14-21(10-2-11-21)15-24-30(27,28)20-8-7-18(22)13-19(20)23/h3-8,13,24H,2,9-12,14-15H2,1H3. The van der Waals surface area contributed by atoms with Gasteiger partial charge >= 0.3 is 0 Å². The Kier molecular flexibility index (Phi) is 7.19. The van der Waals surface area contributed by atoms with Crippen LogP contribution in [0.2, 0.25) is 10.0 Å². The summed E-state index contributed by atoms with van der Waals surface area (Å²) in [7, 11) is -6.72. The second-order valence-electron chi connectivity index (χ2n) is 8.13. The highest BCUT2D eigenvalue weighted by atomic mass is 35.5. The Morgan fingerprint density at radius 2 is 1.60 bits per heavy atom. The first-order chi connectivity index (χ1) is 14.0. The molecule has 0 bridgehead atoms. The van der Waals surface area contributed by atoms with Crippen molar-refractivity contribution in [3.63, 3.8) is 0 Å². The van der Waals surface area contributed by atoms with Crippen LogP contribution in [0.1, 0.15) is 30.4 Å². The van der Waals surface area contributed by atoms with Crippen LogP contribution in [0.4, 0.5) is 0 Å². The summed E-state index contributed by atoms with van der Waals surface area (Å²) in [6.45, 7) is 0.337. The van der Waals surface area contributed by atoms with E-state index in [1.165, 1.54) is 24.5 Å². The first-order valence-electron chi connectivity index (χ1n) is 9.68. The van der Waals surface area contributed by atoms with Crippen LogP contribution in [0.15, 0.2) is 47.4 Å². The third-order valence-corrected chi connectivity index (χ3v) is 8.66. The molecule has 0 saturated heterocycles. The van der Waals surface area contributed by atoms with Gasteiger partial charge in [0, 0.05) is 17.8 Å². The highest BCUT2D eigenvalue weighted by Gasteiger charge is 2.38. The predicted octanol–water partition coefficient (Wildman–Crippen LogP) is 4.27. The van der Waals surface area contributed by atoms with E-state index in [-0.39, 0.29) is 21.1 Å². The second-order valence-corrected chi connectivity index (χ2v) is 13.0. The monoisotopic (exact) mass is 489 g/mol. The molecule has 1 aliphatic carbocycles. The molecule has 2 aromatic carbocycles. The van der Waals surface area contributed by atoms with Crippen LogP contribution in [0.25, 0.3) is 0 Å². The molecule has 0 heterocycles. The Morgan fingerprint density at radius 3 is 2.13 bits per heavy atom. The minimum atomic E-state index is -3.73. The SMILES string of the molecule is CS(=O)(=O)CCc1ccc(CC2(CNS(=O)(=O)c3ccc(Cl)cc3Cl)CCC2)cc1.